The Bertz CT molecular complexity index is 394. The van der Waals surface area contributed by atoms with Gasteiger partial charge in [0.1, 0.15) is 8.86 Å². The summed E-state index contributed by atoms with van der Waals surface area (Å²) in [5, 5.41) is 3.54. The molecular formula is C8H11BrN2O2S. The van der Waals surface area contributed by atoms with Gasteiger partial charge < -0.3 is 5.32 Å². The maximum atomic E-state index is 11.7. The number of halogens is 1. The van der Waals surface area contributed by atoms with Gasteiger partial charge in [-0.05, 0) is 41.9 Å². The van der Waals surface area contributed by atoms with Gasteiger partial charge in [-0.15, -0.1) is 0 Å². The highest BCUT2D eigenvalue weighted by molar-refractivity contribution is 9.14. The number of hydrogen-bond donors (Lipinski definition) is 1. The summed E-state index contributed by atoms with van der Waals surface area (Å²) in [7, 11) is -3.27. The Morgan fingerprint density at radius 1 is 1.43 bits per heavy atom. The maximum absolute atomic E-state index is 11.7. The van der Waals surface area contributed by atoms with Crippen molar-refractivity contribution < 1.29 is 8.42 Å². The van der Waals surface area contributed by atoms with Crippen LogP contribution < -0.4 is 5.32 Å². The zero-order valence-corrected chi connectivity index (χ0v) is 9.94. The van der Waals surface area contributed by atoms with E-state index in [0.29, 0.717) is 5.04 Å². The average molecular weight is 279 g/mol. The quantitative estimate of drug-likeness (QED) is 0.779. The second-order valence-electron chi connectivity index (χ2n) is 3.43. The Hall–Kier alpha value is -0.200. The first kappa shape index (κ1) is 10.3. The highest BCUT2D eigenvalue weighted by Gasteiger charge is 2.34. The van der Waals surface area contributed by atoms with Crippen LogP contribution in [0.1, 0.15) is 12.8 Å². The molecule has 1 fully saturated rings. The van der Waals surface area contributed by atoms with Gasteiger partial charge in [0, 0.05) is 5.92 Å². The van der Waals surface area contributed by atoms with Crippen molar-refractivity contribution in [3.63, 3.8) is 0 Å². The highest BCUT2D eigenvalue weighted by atomic mass is 79.9. The molecule has 0 radical (unpaired) electrons. The summed E-state index contributed by atoms with van der Waals surface area (Å²) in [6, 6.07) is 0. The first-order valence-electron chi connectivity index (χ1n) is 4.51. The van der Waals surface area contributed by atoms with Gasteiger partial charge in [-0.1, -0.05) is 0 Å². The van der Waals surface area contributed by atoms with E-state index in [9.17, 15) is 8.42 Å². The molecule has 0 spiro atoms. The maximum Gasteiger partial charge on any atom is 0.228 e. The van der Waals surface area contributed by atoms with E-state index in [1.807, 2.05) is 0 Å². The highest BCUT2D eigenvalue weighted by Crippen LogP contribution is 2.29. The van der Waals surface area contributed by atoms with Gasteiger partial charge >= 0.3 is 0 Å². The molecule has 2 rings (SSSR count). The van der Waals surface area contributed by atoms with Crippen molar-refractivity contribution in [2.24, 2.45) is 10.9 Å². The molecule has 0 aromatic rings. The first-order valence-corrected chi connectivity index (χ1v) is 6.79. The predicted octanol–water partition coefficient (Wildman–Crippen LogP) is 1.01. The molecule has 2 aliphatic rings. The minimum absolute atomic E-state index is 0.0903. The Morgan fingerprint density at radius 2 is 2.07 bits per heavy atom. The molecule has 0 aromatic heterocycles. The van der Waals surface area contributed by atoms with Crippen molar-refractivity contribution in [1.29, 1.82) is 0 Å². The second-order valence-corrected chi connectivity index (χ2v) is 6.67. The van der Waals surface area contributed by atoms with Crippen molar-refractivity contribution in [2.45, 2.75) is 12.8 Å². The SMILES string of the molecule is O=S1(=O)C(Br)=CN=C1C1CCNCC1. The van der Waals surface area contributed by atoms with Crippen LogP contribution in [-0.4, -0.2) is 26.6 Å². The van der Waals surface area contributed by atoms with Crippen LogP contribution in [0.15, 0.2) is 15.0 Å². The van der Waals surface area contributed by atoms with E-state index in [0.717, 1.165) is 25.9 Å². The molecule has 78 valence electrons. The lowest BCUT2D eigenvalue weighted by Crippen LogP contribution is -2.34. The molecule has 6 heteroatoms. The van der Waals surface area contributed by atoms with Gasteiger partial charge in [-0.3, -0.25) is 0 Å². The van der Waals surface area contributed by atoms with Crippen LogP contribution in [0.2, 0.25) is 0 Å². The molecule has 2 heterocycles. The minimum atomic E-state index is -3.27. The van der Waals surface area contributed by atoms with Crippen molar-refractivity contribution in [3.8, 4) is 0 Å². The lowest BCUT2D eigenvalue weighted by atomic mass is 9.99. The number of sulfone groups is 1. The van der Waals surface area contributed by atoms with E-state index in [1.165, 1.54) is 6.20 Å². The van der Waals surface area contributed by atoms with Crippen LogP contribution in [0.3, 0.4) is 0 Å². The van der Waals surface area contributed by atoms with Gasteiger partial charge in [-0.25, -0.2) is 13.4 Å². The molecule has 0 unspecified atom stereocenters. The molecule has 0 aromatic carbocycles. The monoisotopic (exact) mass is 278 g/mol. The number of nitrogens with one attached hydrogen (secondary N) is 1. The van der Waals surface area contributed by atoms with E-state index < -0.39 is 9.84 Å². The third kappa shape index (κ3) is 1.66. The standard InChI is InChI=1S/C8H11BrN2O2S/c9-7-5-11-8(14(7,12)13)6-1-3-10-4-2-6/h5-6,10H,1-4H2. The summed E-state index contributed by atoms with van der Waals surface area (Å²) in [6.07, 6.45) is 3.09. The molecule has 1 N–H and O–H groups in total. The molecule has 0 aliphatic carbocycles. The summed E-state index contributed by atoms with van der Waals surface area (Å²) in [6.45, 7) is 1.74. The second kappa shape index (κ2) is 3.75. The number of piperidine rings is 1. The third-order valence-electron chi connectivity index (χ3n) is 2.51. The molecule has 14 heavy (non-hydrogen) atoms. The van der Waals surface area contributed by atoms with Crippen LogP contribution >= 0.6 is 15.9 Å². The first-order chi connectivity index (χ1) is 6.62. The third-order valence-corrected chi connectivity index (χ3v) is 5.61. The number of nitrogens with zero attached hydrogens (tertiary/aromatic N) is 1. The Balaban J connectivity index is 2.22. The van der Waals surface area contributed by atoms with Crippen LogP contribution in [0.25, 0.3) is 0 Å². The number of hydrogen-bond acceptors (Lipinski definition) is 4. The van der Waals surface area contributed by atoms with Crippen LogP contribution in [0, 0.1) is 5.92 Å². The summed E-state index contributed by atoms with van der Waals surface area (Å²) >= 11 is 3.01. The Labute approximate surface area is 91.5 Å². The lowest BCUT2D eigenvalue weighted by Gasteiger charge is -2.22. The van der Waals surface area contributed by atoms with E-state index >= 15 is 0 Å². The smallest absolute Gasteiger partial charge is 0.228 e. The fourth-order valence-electron chi connectivity index (χ4n) is 1.75. The molecule has 0 atom stereocenters. The van der Waals surface area contributed by atoms with Crippen LogP contribution in [0.4, 0.5) is 0 Å². The van der Waals surface area contributed by atoms with Crippen LogP contribution in [-0.2, 0) is 9.84 Å². The molecule has 0 amide bonds. The van der Waals surface area contributed by atoms with Gasteiger partial charge in [-0.2, -0.15) is 0 Å². The fourth-order valence-corrected chi connectivity index (χ4v) is 3.60. The van der Waals surface area contributed by atoms with E-state index in [2.05, 4.69) is 26.2 Å². The van der Waals surface area contributed by atoms with Crippen molar-refractivity contribution in [1.82, 2.24) is 5.32 Å². The van der Waals surface area contributed by atoms with Gasteiger partial charge in [0.15, 0.2) is 0 Å². The molecule has 0 saturated carbocycles. The zero-order valence-electron chi connectivity index (χ0n) is 7.53. The van der Waals surface area contributed by atoms with E-state index in [1.54, 1.807) is 0 Å². The predicted molar refractivity (Wildman–Crippen MR) is 59.0 cm³/mol. The summed E-state index contributed by atoms with van der Waals surface area (Å²) in [4.78, 5) is 3.99. The number of rotatable bonds is 1. The topological polar surface area (TPSA) is 58.5 Å². The molecular weight excluding hydrogens is 268 g/mol. The summed E-state index contributed by atoms with van der Waals surface area (Å²) < 4.78 is 23.6. The average Bonchev–Trinajstić information content (AvgIpc) is 2.44. The van der Waals surface area contributed by atoms with E-state index in [4.69, 9.17) is 0 Å². The van der Waals surface area contributed by atoms with Gasteiger partial charge in [0.2, 0.25) is 9.84 Å². The Morgan fingerprint density at radius 3 is 2.57 bits per heavy atom. The van der Waals surface area contributed by atoms with Crippen molar-refractivity contribution in [3.05, 3.63) is 10.0 Å². The molecule has 4 nitrogen and oxygen atoms in total. The molecule has 2 aliphatic heterocycles. The Kier molecular flexibility index (Phi) is 2.77. The van der Waals surface area contributed by atoms with Crippen molar-refractivity contribution >= 4 is 30.8 Å². The zero-order chi connectivity index (χ0) is 10.2. The minimum Gasteiger partial charge on any atom is -0.317 e. The van der Waals surface area contributed by atoms with E-state index in [-0.39, 0.29) is 9.73 Å². The summed E-state index contributed by atoms with van der Waals surface area (Å²) in [5.74, 6) is 0.0903. The lowest BCUT2D eigenvalue weighted by molar-refractivity contribution is 0.459. The fraction of sp³-hybridized carbons (Fsp3) is 0.625. The van der Waals surface area contributed by atoms with Gasteiger partial charge in [0.25, 0.3) is 0 Å². The molecule has 1 saturated heterocycles. The summed E-state index contributed by atoms with van der Waals surface area (Å²) in [5.41, 5.74) is 0. The largest absolute Gasteiger partial charge is 0.317 e. The van der Waals surface area contributed by atoms with Crippen LogP contribution in [0.5, 0.6) is 0 Å². The number of aliphatic imine (C=N–C) groups is 1. The van der Waals surface area contributed by atoms with Gasteiger partial charge in [0.05, 0.1) is 6.20 Å². The van der Waals surface area contributed by atoms with Crippen molar-refractivity contribution in [2.75, 3.05) is 13.1 Å². The molecule has 0 bridgehead atoms. The normalized spacial score (nSPS) is 27.2.